The van der Waals surface area contributed by atoms with Gasteiger partial charge in [-0.05, 0) is 24.6 Å². The number of halogens is 1. The van der Waals surface area contributed by atoms with Gasteiger partial charge in [-0.25, -0.2) is 9.37 Å². The number of aromatic amines is 1. The molecule has 31 heavy (non-hydrogen) atoms. The number of H-pyrrole nitrogens is 1. The van der Waals surface area contributed by atoms with Crippen LogP contribution in [0.25, 0.3) is 11.4 Å². The lowest BCUT2D eigenvalue weighted by Gasteiger charge is -2.23. The maximum absolute atomic E-state index is 14.2. The number of nitrogens with zero attached hydrogens (tertiary/aromatic N) is 3. The molecule has 2 heterocycles. The number of carbonyl (C=O) groups is 2. The number of aromatic nitrogens is 3. The van der Waals surface area contributed by atoms with Crippen LogP contribution in [0.5, 0.6) is 5.75 Å². The maximum atomic E-state index is 14.2. The Balaban J connectivity index is 1.64. The molecule has 2 amide bonds. The van der Waals surface area contributed by atoms with Crippen molar-refractivity contribution in [2.24, 2.45) is 0 Å². The zero-order chi connectivity index (χ0) is 22.0. The van der Waals surface area contributed by atoms with Gasteiger partial charge in [0.1, 0.15) is 5.82 Å². The average Bonchev–Trinajstić information content (AvgIpc) is 3.40. The van der Waals surface area contributed by atoms with Crippen LogP contribution in [0, 0.1) is 5.82 Å². The molecule has 1 aliphatic heterocycles. The molecule has 9 heteroatoms. The van der Waals surface area contributed by atoms with E-state index in [-0.39, 0.29) is 35.7 Å². The Morgan fingerprint density at radius 2 is 2.00 bits per heavy atom. The molecule has 0 spiro atoms. The molecule has 2 atom stereocenters. The second-order valence-electron chi connectivity index (χ2n) is 7.37. The van der Waals surface area contributed by atoms with Gasteiger partial charge in [0.05, 0.1) is 13.2 Å². The molecule has 1 fully saturated rings. The van der Waals surface area contributed by atoms with Crippen molar-refractivity contribution >= 4 is 11.8 Å². The molecule has 8 nitrogen and oxygen atoms in total. The lowest BCUT2D eigenvalue weighted by Crippen LogP contribution is -2.37. The Labute approximate surface area is 178 Å². The van der Waals surface area contributed by atoms with Crippen LogP contribution in [-0.2, 0) is 4.79 Å². The van der Waals surface area contributed by atoms with Gasteiger partial charge in [-0.3, -0.25) is 14.7 Å². The predicted octanol–water partition coefficient (Wildman–Crippen LogP) is 2.71. The summed E-state index contributed by atoms with van der Waals surface area (Å²) in [7, 11) is 1.36. The van der Waals surface area contributed by atoms with E-state index >= 15 is 0 Å². The first kappa shape index (κ1) is 20.5. The Bertz CT molecular complexity index is 1100. The molecule has 0 saturated carbocycles. The van der Waals surface area contributed by atoms with Crippen molar-refractivity contribution in [1.29, 1.82) is 0 Å². The summed E-state index contributed by atoms with van der Waals surface area (Å²) in [6.07, 6.45) is 0.466. The molecule has 0 bridgehead atoms. The summed E-state index contributed by atoms with van der Waals surface area (Å²) in [5.41, 5.74) is 1.03. The number of hydrogen-bond donors (Lipinski definition) is 2. The minimum atomic E-state index is -0.617. The van der Waals surface area contributed by atoms with Gasteiger partial charge < -0.3 is 15.0 Å². The van der Waals surface area contributed by atoms with Gasteiger partial charge in [0.25, 0.3) is 5.91 Å². The fraction of sp³-hybridized carbons (Fsp3) is 0.273. The monoisotopic (exact) mass is 423 g/mol. The largest absolute Gasteiger partial charge is 0.494 e. The van der Waals surface area contributed by atoms with Crippen LogP contribution >= 0.6 is 0 Å². The summed E-state index contributed by atoms with van der Waals surface area (Å²) in [5.74, 6) is -0.0782. The van der Waals surface area contributed by atoms with E-state index in [1.54, 1.807) is 4.90 Å². The number of nitrogens with one attached hydrogen (secondary N) is 2. The lowest BCUT2D eigenvalue weighted by atomic mass is 10.1. The molecular weight excluding hydrogens is 401 g/mol. The van der Waals surface area contributed by atoms with Crippen LogP contribution in [0.4, 0.5) is 4.39 Å². The fourth-order valence-corrected chi connectivity index (χ4v) is 3.82. The van der Waals surface area contributed by atoms with Crippen molar-refractivity contribution in [1.82, 2.24) is 25.4 Å². The third kappa shape index (κ3) is 4.25. The highest BCUT2D eigenvalue weighted by Gasteiger charge is 2.39. The fourth-order valence-electron chi connectivity index (χ4n) is 3.82. The molecule has 4 rings (SSSR count). The van der Waals surface area contributed by atoms with Gasteiger partial charge in [0.2, 0.25) is 5.91 Å². The highest BCUT2D eigenvalue weighted by Crippen LogP contribution is 2.33. The standard InChI is InChI=1S/C22H22FN5O3/c1-13(29)24-16-11-18(21-25-20(26-27-21)14-6-4-3-5-7-14)28(12-16)22(30)15-8-9-19(31-2)17(23)10-15/h3-10,16,18H,11-12H2,1-2H3,(H,24,29)(H,25,26,27). The van der Waals surface area contributed by atoms with Gasteiger partial charge in [0.15, 0.2) is 17.4 Å². The second-order valence-corrected chi connectivity index (χ2v) is 7.37. The third-order valence-electron chi connectivity index (χ3n) is 5.22. The van der Waals surface area contributed by atoms with Crippen LogP contribution in [0.3, 0.4) is 0 Å². The summed E-state index contributed by atoms with van der Waals surface area (Å²) in [5, 5.41) is 10.1. The average molecular weight is 423 g/mol. The molecule has 0 radical (unpaired) electrons. The van der Waals surface area contributed by atoms with E-state index < -0.39 is 11.9 Å². The van der Waals surface area contributed by atoms with E-state index in [2.05, 4.69) is 20.5 Å². The van der Waals surface area contributed by atoms with Crippen LogP contribution in [-0.4, -0.2) is 51.6 Å². The Kier molecular flexibility index (Phi) is 5.66. The Morgan fingerprint density at radius 3 is 2.68 bits per heavy atom. The van der Waals surface area contributed by atoms with E-state index in [1.807, 2.05) is 30.3 Å². The molecule has 1 aromatic heterocycles. The zero-order valence-corrected chi connectivity index (χ0v) is 17.1. The Morgan fingerprint density at radius 1 is 1.23 bits per heavy atom. The number of hydrogen-bond acceptors (Lipinski definition) is 5. The SMILES string of the molecule is COc1ccc(C(=O)N2CC(NC(C)=O)CC2c2nc(-c3ccccc3)n[nH]2)cc1F. The number of ether oxygens (including phenoxy) is 1. The first-order valence-corrected chi connectivity index (χ1v) is 9.85. The van der Waals surface area contributed by atoms with E-state index in [4.69, 9.17) is 4.74 Å². The molecule has 2 unspecified atom stereocenters. The summed E-state index contributed by atoms with van der Waals surface area (Å²) in [4.78, 5) is 31.0. The number of likely N-dealkylation sites (tertiary alicyclic amines) is 1. The predicted molar refractivity (Wildman–Crippen MR) is 111 cm³/mol. The molecule has 2 N–H and O–H groups in total. The van der Waals surface area contributed by atoms with Crippen molar-refractivity contribution in [3.63, 3.8) is 0 Å². The molecule has 3 aromatic rings. The summed E-state index contributed by atoms with van der Waals surface area (Å²) in [6.45, 7) is 1.71. The molecule has 2 aromatic carbocycles. The van der Waals surface area contributed by atoms with E-state index in [1.165, 1.54) is 26.2 Å². The molecule has 160 valence electrons. The van der Waals surface area contributed by atoms with Crippen molar-refractivity contribution in [3.8, 4) is 17.1 Å². The molecule has 0 aliphatic carbocycles. The smallest absolute Gasteiger partial charge is 0.254 e. The minimum Gasteiger partial charge on any atom is -0.494 e. The number of rotatable bonds is 5. The van der Waals surface area contributed by atoms with E-state index in [9.17, 15) is 14.0 Å². The van der Waals surface area contributed by atoms with Gasteiger partial charge >= 0.3 is 0 Å². The van der Waals surface area contributed by atoms with Gasteiger partial charge in [-0.2, -0.15) is 5.10 Å². The van der Waals surface area contributed by atoms with Crippen LogP contribution < -0.4 is 10.1 Å². The first-order chi connectivity index (χ1) is 15.0. The number of benzene rings is 2. The summed E-state index contributed by atoms with van der Waals surface area (Å²) >= 11 is 0. The molecule has 1 saturated heterocycles. The topological polar surface area (TPSA) is 100 Å². The van der Waals surface area contributed by atoms with E-state index in [0.29, 0.717) is 18.1 Å². The van der Waals surface area contributed by atoms with Crippen molar-refractivity contribution < 1.29 is 18.7 Å². The van der Waals surface area contributed by atoms with Crippen LogP contribution in [0.15, 0.2) is 48.5 Å². The highest BCUT2D eigenvalue weighted by atomic mass is 19.1. The lowest BCUT2D eigenvalue weighted by molar-refractivity contribution is -0.119. The highest BCUT2D eigenvalue weighted by molar-refractivity contribution is 5.95. The summed E-state index contributed by atoms with van der Waals surface area (Å²) < 4.78 is 19.1. The summed E-state index contributed by atoms with van der Waals surface area (Å²) in [6, 6.07) is 12.9. The minimum absolute atomic E-state index is 0.0633. The second kappa shape index (κ2) is 8.55. The zero-order valence-electron chi connectivity index (χ0n) is 17.1. The number of amides is 2. The van der Waals surface area contributed by atoms with Crippen molar-refractivity contribution in [2.45, 2.75) is 25.4 Å². The third-order valence-corrected chi connectivity index (χ3v) is 5.22. The van der Waals surface area contributed by atoms with Crippen LogP contribution in [0.1, 0.15) is 35.6 Å². The molecular formula is C22H22FN5O3. The van der Waals surface area contributed by atoms with Crippen molar-refractivity contribution in [2.75, 3.05) is 13.7 Å². The van der Waals surface area contributed by atoms with Crippen LogP contribution in [0.2, 0.25) is 0 Å². The van der Waals surface area contributed by atoms with E-state index in [0.717, 1.165) is 11.6 Å². The number of methoxy groups -OCH3 is 1. The normalized spacial score (nSPS) is 18.1. The maximum Gasteiger partial charge on any atom is 0.254 e. The first-order valence-electron chi connectivity index (χ1n) is 9.85. The van der Waals surface area contributed by atoms with Gasteiger partial charge in [0, 0.05) is 30.6 Å². The van der Waals surface area contributed by atoms with Gasteiger partial charge in [-0.15, -0.1) is 0 Å². The quantitative estimate of drug-likeness (QED) is 0.657. The Hall–Kier alpha value is -3.75. The number of carbonyl (C=O) groups excluding carboxylic acids is 2. The van der Waals surface area contributed by atoms with Crippen molar-refractivity contribution in [3.05, 3.63) is 65.7 Å². The molecule has 1 aliphatic rings. The van der Waals surface area contributed by atoms with Gasteiger partial charge in [-0.1, -0.05) is 30.3 Å².